The molecule has 0 bridgehead atoms. The van der Waals surface area contributed by atoms with Gasteiger partial charge < -0.3 is 25.8 Å². The SMILES string of the molecule is CC(C)(C)Nc1nc(-c2cnc(N)nc2)cc2ccn(CC(O)CO)c(=O)c12. The third-order valence-corrected chi connectivity index (χ3v) is 4.04. The topological polar surface area (TPSA) is 139 Å². The number of nitrogens with zero attached hydrogens (tertiary/aromatic N) is 4. The van der Waals surface area contributed by atoms with Crippen LogP contribution < -0.4 is 16.6 Å². The molecule has 1 unspecified atom stereocenters. The van der Waals surface area contributed by atoms with Gasteiger partial charge >= 0.3 is 0 Å². The number of anilines is 2. The molecule has 9 heteroatoms. The molecule has 0 aromatic carbocycles. The van der Waals surface area contributed by atoms with Gasteiger partial charge in [-0.2, -0.15) is 0 Å². The number of aliphatic hydroxyl groups excluding tert-OH is 2. The number of aromatic nitrogens is 4. The van der Waals surface area contributed by atoms with E-state index in [1.165, 1.54) is 4.57 Å². The first-order valence-electron chi connectivity index (χ1n) is 8.87. The standard InChI is InChI=1S/C19H24N6O3/c1-19(2,3)24-16-15-11(4-5-25(17(15)28)9-13(27)10-26)6-14(23-16)12-7-21-18(20)22-8-12/h4-8,13,26-27H,9-10H2,1-3H3,(H,23,24)(H2,20,21,22). The summed E-state index contributed by atoms with van der Waals surface area (Å²) in [4.78, 5) is 25.7. The Labute approximate surface area is 161 Å². The van der Waals surface area contributed by atoms with E-state index < -0.39 is 12.7 Å². The van der Waals surface area contributed by atoms with Crippen molar-refractivity contribution in [2.45, 2.75) is 39.0 Å². The molecule has 1 atom stereocenters. The van der Waals surface area contributed by atoms with E-state index in [1.807, 2.05) is 20.8 Å². The van der Waals surface area contributed by atoms with Gasteiger partial charge in [0.2, 0.25) is 5.95 Å². The molecule has 0 aliphatic heterocycles. The van der Waals surface area contributed by atoms with Gasteiger partial charge in [-0.25, -0.2) is 15.0 Å². The van der Waals surface area contributed by atoms with Gasteiger partial charge in [0, 0.05) is 29.7 Å². The van der Waals surface area contributed by atoms with E-state index >= 15 is 0 Å². The number of nitrogen functional groups attached to an aromatic ring is 1. The Morgan fingerprint density at radius 1 is 1.29 bits per heavy atom. The predicted molar refractivity (Wildman–Crippen MR) is 108 cm³/mol. The molecule has 3 aromatic heterocycles. The van der Waals surface area contributed by atoms with Crippen LogP contribution in [0.4, 0.5) is 11.8 Å². The first kappa shape index (κ1) is 19.7. The number of hydrogen-bond acceptors (Lipinski definition) is 8. The molecule has 9 nitrogen and oxygen atoms in total. The minimum atomic E-state index is -1.02. The smallest absolute Gasteiger partial charge is 0.262 e. The van der Waals surface area contributed by atoms with Gasteiger partial charge in [0.15, 0.2) is 0 Å². The number of rotatable bonds is 5. The van der Waals surface area contributed by atoms with E-state index in [4.69, 9.17) is 10.8 Å². The Balaban J connectivity index is 2.21. The normalized spacial score (nSPS) is 12.9. The van der Waals surface area contributed by atoms with Crippen LogP contribution in [0.2, 0.25) is 0 Å². The van der Waals surface area contributed by atoms with Gasteiger partial charge in [0.05, 0.1) is 30.3 Å². The molecule has 28 heavy (non-hydrogen) atoms. The molecule has 0 saturated heterocycles. The molecule has 0 fully saturated rings. The van der Waals surface area contributed by atoms with Crippen molar-refractivity contribution in [3.8, 4) is 11.3 Å². The van der Waals surface area contributed by atoms with Crippen molar-refractivity contribution >= 4 is 22.5 Å². The summed E-state index contributed by atoms with van der Waals surface area (Å²) in [6.45, 7) is 5.48. The second kappa shape index (κ2) is 7.53. The highest BCUT2D eigenvalue weighted by atomic mass is 16.3. The van der Waals surface area contributed by atoms with Crippen LogP contribution in [0.1, 0.15) is 20.8 Å². The van der Waals surface area contributed by atoms with E-state index in [0.717, 1.165) is 0 Å². The maximum atomic E-state index is 13.0. The van der Waals surface area contributed by atoms with E-state index in [2.05, 4.69) is 20.3 Å². The molecule has 0 radical (unpaired) electrons. The fourth-order valence-corrected chi connectivity index (χ4v) is 2.79. The highest BCUT2D eigenvalue weighted by Crippen LogP contribution is 2.27. The fourth-order valence-electron chi connectivity index (χ4n) is 2.79. The van der Waals surface area contributed by atoms with Crippen LogP contribution in [0.5, 0.6) is 0 Å². The van der Waals surface area contributed by atoms with Gasteiger partial charge in [-0.15, -0.1) is 0 Å². The molecule has 0 aliphatic rings. The molecule has 3 heterocycles. The Morgan fingerprint density at radius 2 is 1.96 bits per heavy atom. The highest BCUT2D eigenvalue weighted by Gasteiger charge is 2.18. The summed E-state index contributed by atoms with van der Waals surface area (Å²) in [5, 5.41) is 23.2. The second-order valence-electron chi connectivity index (χ2n) is 7.63. The number of aliphatic hydroxyl groups is 2. The minimum absolute atomic E-state index is 0.00617. The van der Waals surface area contributed by atoms with Gasteiger partial charge in [0.25, 0.3) is 5.56 Å². The quantitative estimate of drug-likeness (QED) is 0.511. The van der Waals surface area contributed by atoms with Crippen molar-refractivity contribution < 1.29 is 10.2 Å². The Kier molecular flexibility index (Phi) is 5.30. The Morgan fingerprint density at radius 3 is 2.57 bits per heavy atom. The van der Waals surface area contributed by atoms with Crippen molar-refractivity contribution in [3.63, 3.8) is 0 Å². The maximum absolute atomic E-state index is 13.0. The molecule has 0 amide bonds. The van der Waals surface area contributed by atoms with Crippen molar-refractivity contribution in [2.75, 3.05) is 17.7 Å². The molecule has 0 saturated carbocycles. The van der Waals surface area contributed by atoms with Crippen LogP contribution in [-0.4, -0.2) is 48.0 Å². The molecular weight excluding hydrogens is 360 g/mol. The van der Waals surface area contributed by atoms with Gasteiger partial charge in [-0.1, -0.05) is 0 Å². The Hall–Kier alpha value is -3.04. The minimum Gasteiger partial charge on any atom is -0.394 e. The molecule has 5 N–H and O–H groups in total. The van der Waals surface area contributed by atoms with Crippen LogP contribution in [0.25, 0.3) is 22.0 Å². The van der Waals surface area contributed by atoms with Gasteiger partial charge in [0.1, 0.15) is 5.82 Å². The van der Waals surface area contributed by atoms with Crippen LogP contribution in [0.3, 0.4) is 0 Å². The molecular formula is C19H24N6O3. The monoisotopic (exact) mass is 384 g/mol. The zero-order valence-corrected chi connectivity index (χ0v) is 16.0. The lowest BCUT2D eigenvalue weighted by Crippen LogP contribution is -2.31. The number of nitrogens with one attached hydrogen (secondary N) is 1. The average molecular weight is 384 g/mol. The first-order chi connectivity index (χ1) is 13.2. The molecule has 3 rings (SSSR count). The number of fused-ring (bicyclic) bond motifs is 1. The Bertz CT molecular complexity index is 1040. The predicted octanol–water partition coefficient (Wildman–Crippen LogP) is 0.999. The van der Waals surface area contributed by atoms with Crippen molar-refractivity contribution in [2.24, 2.45) is 0 Å². The fraction of sp³-hybridized carbons (Fsp3) is 0.368. The van der Waals surface area contributed by atoms with Crippen molar-refractivity contribution in [1.82, 2.24) is 19.5 Å². The summed E-state index contributed by atoms with van der Waals surface area (Å²) in [6.07, 6.45) is 3.73. The molecule has 0 aliphatic carbocycles. The largest absolute Gasteiger partial charge is 0.394 e. The van der Waals surface area contributed by atoms with Crippen molar-refractivity contribution in [3.05, 3.63) is 41.1 Å². The van der Waals surface area contributed by atoms with Crippen LogP contribution in [0, 0.1) is 0 Å². The van der Waals surface area contributed by atoms with E-state index in [9.17, 15) is 9.90 Å². The zero-order valence-electron chi connectivity index (χ0n) is 16.0. The summed E-state index contributed by atoms with van der Waals surface area (Å²) < 4.78 is 1.37. The summed E-state index contributed by atoms with van der Waals surface area (Å²) in [5.74, 6) is 0.595. The third-order valence-electron chi connectivity index (χ3n) is 4.04. The van der Waals surface area contributed by atoms with Gasteiger partial charge in [-0.3, -0.25) is 4.79 Å². The van der Waals surface area contributed by atoms with E-state index in [-0.39, 0.29) is 23.6 Å². The van der Waals surface area contributed by atoms with Crippen molar-refractivity contribution in [1.29, 1.82) is 0 Å². The maximum Gasteiger partial charge on any atom is 0.262 e. The van der Waals surface area contributed by atoms with E-state index in [0.29, 0.717) is 27.8 Å². The lowest BCUT2D eigenvalue weighted by Gasteiger charge is -2.23. The highest BCUT2D eigenvalue weighted by molar-refractivity contribution is 5.94. The zero-order chi connectivity index (χ0) is 20.5. The summed E-state index contributed by atoms with van der Waals surface area (Å²) >= 11 is 0. The van der Waals surface area contributed by atoms with Crippen LogP contribution in [-0.2, 0) is 6.54 Å². The molecule has 0 spiro atoms. The number of nitrogens with two attached hydrogens (primary N) is 1. The third kappa shape index (κ3) is 4.26. The summed E-state index contributed by atoms with van der Waals surface area (Å²) in [7, 11) is 0. The lowest BCUT2D eigenvalue weighted by atomic mass is 10.1. The molecule has 3 aromatic rings. The van der Waals surface area contributed by atoms with E-state index in [1.54, 1.807) is 30.7 Å². The number of hydrogen-bond donors (Lipinski definition) is 4. The summed E-state index contributed by atoms with van der Waals surface area (Å²) in [5.41, 5.74) is 6.20. The molecule has 148 valence electrons. The summed E-state index contributed by atoms with van der Waals surface area (Å²) in [6, 6.07) is 3.56. The lowest BCUT2D eigenvalue weighted by molar-refractivity contribution is 0.0805. The average Bonchev–Trinajstić information content (AvgIpc) is 2.62. The van der Waals surface area contributed by atoms with Crippen LogP contribution >= 0.6 is 0 Å². The number of pyridine rings is 2. The second-order valence-corrected chi connectivity index (χ2v) is 7.63. The first-order valence-corrected chi connectivity index (χ1v) is 8.87. The van der Waals surface area contributed by atoms with Crippen LogP contribution in [0.15, 0.2) is 35.5 Å². The van der Waals surface area contributed by atoms with Gasteiger partial charge in [-0.05, 0) is 38.3 Å².